The summed E-state index contributed by atoms with van der Waals surface area (Å²) in [5, 5.41) is 2.82. The average Bonchev–Trinajstić information content (AvgIpc) is 2.59. The molecule has 0 saturated carbocycles. The van der Waals surface area contributed by atoms with Crippen molar-refractivity contribution in [3.8, 4) is 0 Å². The van der Waals surface area contributed by atoms with Gasteiger partial charge in [0.25, 0.3) is 0 Å². The van der Waals surface area contributed by atoms with E-state index in [-0.39, 0.29) is 16.8 Å². The SMILES string of the molecule is CCC(NS(=O)(=O)c1ccc2c(c1)C(C)(C)CC(=O)N2)c1ccccc1. The van der Waals surface area contributed by atoms with Crippen molar-refractivity contribution in [2.24, 2.45) is 0 Å². The first-order chi connectivity index (χ1) is 12.2. The van der Waals surface area contributed by atoms with Gasteiger partial charge in [0.15, 0.2) is 0 Å². The molecule has 0 radical (unpaired) electrons. The lowest BCUT2D eigenvalue weighted by Gasteiger charge is -2.32. The van der Waals surface area contributed by atoms with Gasteiger partial charge in [0.1, 0.15) is 0 Å². The zero-order chi connectivity index (χ0) is 18.9. The van der Waals surface area contributed by atoms with Crippen molar-refractivity contribution < 1.29 is 13.2 Å². The van der Waals surface area contributed by atoms with Crippen LogP contribution in [0.5, 0.6) is 0 Å². The lowest BCUT2D eigenvalue weighted by atomic mass is 9.78. The van der Waals surface area contributed by atoms with Crippen molar-refractivity contribution >= 4 is 21.6 Å². The maximum absolute atomic E-state index is 12.9. The molecular weight excluding hydrogens is 348 g/mol. The van der Waals surface area contributed by atoms with Crippen LogP contribution in [0.3, 0.4) is 0 Å². The summed E-state index contributed by atoms with van der Waals surface area (Å²) in [6.07, 6.45) is 0.980. The van der Waals surface area contributed by atoms with E-state index in [1.807, 2.05) is 51.1 Å². The summed E-state index contributed by atoms with van der Waals surface area (Å²) < 4.78 is 28.7. The average molecular weight is 372 g/mol. The predicted molar refractivity (Wildman–Crippen MR) is 103 cm³/mol. The van der Waals surface area contributed by atoms with Gasteiger partial charge < -0.3 is 5.32 Å². The summed E-state index contributed by atoms with van der Waals surface area (Å²) in [5.41, 5.74) is 2.05. The van der Waals surface area contributed by atoms with Gasteiger partial charge in [-0.2, -0.15) is 0 Å². The van der Waals surface area contributed by atoms with E-state index in [0.29, 0.717) is 18.5 Å². The summed E-state index contributed by atoms with van der Waals surface area (Å²) in [7, 11) is -3.68. The molecule has 3 rings (SSSR count). The van der Waals surface area contributed by atoms with Gasteiger partial charge in [-0.15, -0.1) is 0 Å². The van der Waals surface area contributed by atoms with Gasteiger partial charge in [0.2, 0.25) is 15.9 Å². The molecule has 0 fully saturated rings. The van der Waals surface area contributed by atoms with Crippen molar-refractivity contribution in [2.75, 3.05) is 5.32 Å². The molecule has 26 heavy (non-hydrogen) atoms. The van der Waals surface area contributed by atoms with Crippen LogP contribution in [0.1, 0.15) is 50.8 Å². The number of nitrogens with one attached hydrogen (secondary N) is 2. The number of carbonyl (C=O) groups excluding carboxylic acids is 1. The van der Waals surface area contributed by atoms with E-state index >= 15 is 0 Å². The van der Waals surface area contributed by atoms with Crippen LogP contribution < -0.4 is 10.0 Å². The third-order valence-electron chi connectivity index (χ3n) is 4.81. The molecular formula is C20H24N2O3S. The predicted octanol–water partition coefficient (Wildman–Crippen LogP) is 3.74. The van der Waals surface area contributed by atoms with Crippen LogP contribution in [0.2, 0.25) is 0 Å². The molecule has 1 unspecified atom stereocenters. The molecule has 0 aliphatic carbocycles. The molecule has 2 N–H and O–H groups in total. The highest BCUT2D eigenvalue weighted by atomic mass is 32.2. The second-order valence-electron chi connectivity index (χ2n) is 7.31. The van der Waals surface area contributed by atoms with E-state index in [9.17, 15) is 13.2 Å². The maximum Gasteiger partial charge on any atom is 0.241 e. The highest BCUT2D eigenvalue weighted by Crippen LogP contribution is 2.38. The van der Waals surface area contributed by atoms with Crippen molar-refractivity contribution in [3.63, 3.8) is 0 Å². The topological polar surface area (TPSA) is 75.3 Å². The monoisotopic (exact) mass is 372 g/mol. The number of carbonyl (C=O) groups is 1. The van der Waals surface area contributed by atoms with Crippen molar-refractivity contribution in [1.82, 2.24) is 4.72 Å². The van der Waals surface area contributed by atoms with Gasteiger partial charge >= 0.3 is 0 Å². The number of anilines is 1. The fraction of sp³-hybridized carbons (Fsp3) is 0.350. The smallest absolute Gasteiger partial charge is 0.241 e. The second kappa shape index (κ2) is 6.85. The molecule has 6 heteroatoms. The molecule has 1 atom stereocenters. The Hall–Kier alpha value is -2.18. The van der Waals surface area contributed by atoms with Crippen molar-refractivity contribution in [2.45, 2.75) is 50.0 Å². The van der Waals surface area contributed by atoms with E-state index in [0.717, 1.165) is 11.1 Å². The molecule has 0 spiro atoms. The first-order valence-corrected chi connectivity index (χ1v) is 10.2. The number of sulfonamides is 1. The summed E-state index contributed by atoms with van der Waals surface area (Å²) in [5.74, 6) is -0.0497. The molecule has 138 valence electrons. The Morgan fingerprint density at radius 3 is 2.50 bits per heavy atom. The fourth-order valence-corrected chi connectivity index (χ4v) is 4.71. The van der Waals surface area contributed by atoms with E-state index < -0.39 is 15.4 Å². The summed E-state index contributed by atoms with van der Waals surface area (Å²) in [6, 6.07) is 14.1. The Labute approximate surface area is 154 Å². The maximum atomic E-state index is 12.9. The van der Waals surface area contributed by atoms with Crippen LogP contribution in [-0.2, 0) is 20.2 Å². The van der Waals surface area contributed by atoms with Crippen LogP contribution in [0.15, 0.2) is 53.4 Å². The molecule has 2 aromatic rings. The van der Waals surface area contributed by atoms with Gasteiger partial charge in [0, 0.05) is 23.6 Å². The third kappa shape index (κ3) is 3.66. The summed E-state index contributed by atoms with van der Waals surface area (Å²) in [6.45, 7) is 5.85. The molecule has 0 bridgehead atoms. The lowest BCUT2D eigenvalue weighted by molar-refractivity contribution is -0.117. The minimum absolute atomic E-state index is 0.0497. The van der Waals surface area contributed by atoms with Crippen LogP contribution >= 0.6 is 0 Å². The largest absolute Gasteiger partial charge is 0.326 e. The van der Waals surface area contributed by atoms with E-state index in [4.69, 9.17) is 0 Å². The molecule has 0 saturated heterocycles. The Morgan fingerprint density at radius 1 is 1.15 bits per heavy atom. The minimum Gasteiger partial charge on any atom is -0.326 e. The quantitative estimate of drug-likeness (QED) is 0.840. The van der Waals surface area contributed by atoms with Crippen LogP contribution in [0.25, 0.3) is 0 Å². The van der Waals surface area contributed by atoms with Gasteiger partial charge in [-0.3, -0.25) is 4.79 Å². The molecule has 2 aromatic carbocycles. The highest BCUT2D eigenvalue weighted by molar-refractivity contribution is 7.89. The fourth-order valence-electron chi connectivity index (χ4n) is 3.38. The van der Waals surface area contributed by atoms with Crippen molar-refractivity contribution in [1.29, 1.82) is 0 Å². The second-order valence-corrected chi connectivity index (χ2v) is 9.02. The Balaban J connectivity index is 1.94. The molecule has 1 aliphatic heterocycles. The highest BCUT2D eigenvalue weighted by Gasteiger charge is 2.33. The van der Waals surface area contributed by atoms with Gasteiger partial charge in [-0.1, -0.05) is 51.1 Å². The number of hydrogen-bond acceptors (Lipinski definition) is 3. The zero-order valence-electron chi connectivity index (χ0n) is 15.2. The Kier molecular flexibility index (Phi) is 4.90. The van der Waals surface area contributed by atoms with Crippen LogP contribution in [0.4, 0.5) is 5.69 Å². The number of benzene rings is 2. The number of hydrogen-bond donors (Lipinski definition) is 2. The zero-order valence-corrected chi connectivity index (χ0v) is 16.1. The third-order valence-corrected chi connectivity index (χ3v) is 6.28. The van der Waals surface area contributed by atoms with Crippen LogP contribution in [-0.4, -0.2) is 14.3 Å². The minimum atomic E-state index is -3.68. The standard InChI is InChI=1S/C20H24N2O3S/c1-4-17(14-8-6-5-7-9-14)22-26(24,25)15-10-11-18-16(12-15)20(2,3)13-19(23)21-18/h5-12,17,22H,4,13H2,1-3H3,(H,21,23). The van der Waals surface area contributed by atoms with E-state index in [1.54, 1.807) is 18.2 Å². The molecule has 1 aliphatic rings. The summed E-state index contributed by atoms with van der Waals surface area (Å²) >= 11 is 0. The number of amides is 1. The van der Waals surface area contributed by atoms with Crippen LogP contribution in [0, 0.1) is 0 Å². The van der Waals surface area contributed by atoms with Gasteiger partial charge in [-0.05, 0) is 35.7 Å². The molecule has 1 heterocycles. The van der Waals surface area contributed by atoms with Crippen molar-refractivity contribution in [3.05, 3.63) is 59.7 Å². The number of fused-ring (bicyclic) bond motifs is 1. The Bertz CT molecular complexity index is 921. The molecule has 5 nitrogen and oxygen atoms in total. The van der Waals surface area contributed by atoms with Gasteiger partial charge in [0.05, 0.1) is 4.90 Å². The first kappa shape index (κ1) is 18.6. The van der Waals surface area contributed by atoms with E-state index in [1.165, 1.54) is 0 Å². The molecule has 0 aromatic heterocycles. The lowest BCUT2D eigenvalue weighted by Crippen LogP contribution is -2.33. The number of rotatable bonds is 5. The Morgan fingerprint density at radius 2 is 1.85 bits per heavy atom. The first-order valence-electron chi connectivity index (χ1n) is 8.74. The van der Waals surface area contributed by atoms with Gasteiger partial charge in [-0.25, -0.2) is 13.1 Å². The van der Waals surface area contributed by atoms with E-state index in [2.05, 4.69) is 10.0 Å². The summed E-state index contributed by atoms with van der Waals surface area (Å²) in [4.78, 5) is 12.0. The normalized spacial score (nSPS) is 17.3. The molecule has 1 amide bonds.